The quantitative estimate of drug-likeness (QED) is 0.888. The van der Waals surface area contributed by atoms with Crippen LogP contribution in [-0.4, -0.2) is 39.1 Å². The van der Waals surface area contributed by atoms with Crippen LogP contribution >= 0.6 is 23.2 Å². The van der Waals surface area contributed by atoms with Crippen molar-refractivity contribution in [3.05, 3.63) is 45.7 Å². The smallest absolute Gasteiger partial charge is 0.258 e. The van der Waals surface area contributed by atoms with E-state index in [1.54, 1.807) is 41.0 Å². The Morgan fingerprint density at radius 2 is 1.92 bits per heavy atom. The van der Waals surface area contributed by atoms with Crippen LogP contribution in [0.3, 0.4) is 0 Å². The van der Waals surface area contributed by atoms with Gasteiger partial charge >= 0.3 is 0 Å². The maximum Gasteiger partial charge on any atom is 0.258 e. The van der Waals surface area contributed by atoms with E-state index in [1.807, 2.05) is 6.92 Å². The Kier molecular flexibility index (Phi) is 5.01. The van der Waals surface area contributed by atoms with Gasteiger partial charge in [0.2, 0.25) is 5.91 Å². The van der Waals surface area contributed by atoms with E-state index < -0.39 is 6.04 Å². The fourth-order valence-electron chi connectivity index (χ4n) is 3.00. The number of amides is 2. The molecule has 3 rings (SSSR count). The number of anilines is 1. The molecule has 1 atom stereocenters. The van der Waals surface area contributed by atoms with E-state index in [9.17, 15) is 9.59 Å². The van der Waals surface area contributed by atoms with Gasteiger partial charge in [0, 0.05) is 35.0 Å². The highest BCUT2D eigenvalue weighted by molar-refractivity contribution is 6.35. The summed E-state index contributed by atoms with van der Waals surface area (Å²) in [7, 11) is 1.78. The number of nitrogens with one attached hydrogen (secondary N) is 1. The van der Waals surface area contributed by atoms with Gasteiger partial charge in [-0.05, 0) is 38.0 Å². The monoisotopic (exact) mass is 380 g/mol. The third-order valence-corrected chi connectivity index (χ3v) is 4.85. The van der Waals surface area contributed by atoms with Crippen LogP contribution in [0.4, 0.5) is 5.69 Å². The number of nitrogens with zero attached hydrogens (tertiary/aromatic N) is 3. The van der Waals surface area contributed by atoms with Gasteiger partial charge in [0.25, 0.3) is 5.91 Å². The molecular formula is C17H18Cl2N4O2. The van der Waals surface area contributed by atoms with Crippen molar-refractivity contribution in [2.24, 2.45) is 7.05 Å². The molecule has 1 N–H and O–H groups in total. The van der Waals surface area contributed by atoms with Gasteiger partial charge in [0.15, 0.2) is 0 Å². The zero-order valence-corrected chi connectivity index (χ0v) is 15.4. The second-order valence-corrected chi connectivity index (χ2v) is 6.94. The summed E-state index contributed by atoms with van der Waals surface area (Å²) in [6.45, 7) is 2.38. The van der Waals surface area contributed by atoms with Crippen LogP contribution in [0.2, 0.25) is 10.0 Å². The molecule has 0 unspecified atom stereocenters. The maximum atomic E-state index is 12.8. The van der Waals surface area contributed by atoms with Gasteiger partial charge in [-0.2, -0.15) is 5.10 Å². The third kappa shape index (κ3) is 3.65. The van der Waals surface area contributed by atoms with Crippen LogP contribution in [0, 0.1) is 6.92 Å². The highest BCUT2D eigenvalue weighted by atomic mass is 35.5. The Labute approximate surface area is 155 Å². The number of aromatic nitrogens is 2. The summed E-state index contributed by atoms with van der Waals surface area (Å²) in [6.07, 6.45) is 2.94. The highest BCUT2D eigenvalue weighted by Gasteiger charge is 2.35. The lowest BCUT2D eigenvalue weighted by Gasteiger charge is -2.24. The van der Waals surface area contributed by atoms with Gasteiger partial charge in [-0.15, -0.1) is 0 Å². The fourth-order valence-corrected chi connectivity index (χ4v) is 3.52. The van der Waals surface area contributed by atoms with Crippen LogP contribution in [-0.2, 0) is 11.8 Å². The second-order valence-electron chi connectivity index (χ2n) is 6.07. The minimum Gasteiger partial charge on any atom is -0.326 e. The van der Waals surface area contributed by atoms with E-state index in [4.69, 9.17) is 23.2 Å². The molecule has 2 heterocycles. The molecule has 2 aromatic rings. The summed E-state index contributed by atoms with van der Waals surface area (Å²) in [5.41, 5.74) is 1.81. The van der Waals surface area contributed by atoms with E-state index in [0.717, 1.165) is 12.1 Å². The summed E-state index contributed by atoms with van der Waals surface area (Å²) >= 11 is 11.9. The molecule has 6 nitrogen and oxygen atoms in total. The average molecular weight is 381 g/mol. The topological polar surface area (TPSA) is 67.2 Å². The molecule has 132 valence electrons. The minimum atomic E-state index is -0.523. The van der Waals surface area contributed by atoms with Crippen molar-refractivity contribution in [1.29, 1.82) is 0 Å². The summed E-state index contributed by atoms with van der Waals surface area (Å²) in [5.74, 6) is -0.418. The van der Waals surface area contributed by atoms with E-state index in [-0.39, 0.29) is 11.8 Å². The van der Waals surface area contributed by atoms with E-state index in [2.05, 4.69) is 10.4 Å². The molecule has 0 aliphatic carbocycles. The number of aryl methyl sites for hydroxylation is 1. The molecule has 1 aromatic carbocycles. The Hall–Kier alpha value is -2.05. The third-order valence-electron chi connectivity index (χ3n) is 4.41. The van der Waals surface area contributed by atoms with Crippen LogP contribution in [0.5, 0.6) is 0 Å². The van der Waals surface area contributed by atoms with Crippen molar-refractivity contribution in [3.8, 4) is 0 Å². The van der Waals surface area contributed by atoms with Crippen molar-refractivity contribution < 1.29 is 9.59 Å². The van der Waals surface area contributed by atoms with Crippen molar-refractivity contribution in [2.75, 3.05) is 11.9 Å². The number of hydrogen-bond acceptors (Lipinski definition) is 3. The standard InChI is InChI=1S/C17H18Cl2N4O2/c1-10-14(9-20-22(10)2)17(25)23-5-3-4-15(23)16(24)21-13-7-11(18)6-12(19)8-13/h6-9,15H,3-5H2,1-2H3,(H,21,24)/t15-/m0/s1. The zero-order chi connectivity index (χ0) is 18.1. The van der Waals surface area contributed by atoms with Gasteiger partial charge in [0.1, 0.15) is 6.04 Å². The molecule has 0 radical (unpaired) electrons. The first-order valence-electron chi connectivity index (χ1n) is 7.93. The van der Waals surface area contributed by atoms with Gasteiger partial charge < -0.3 is 10.2 Å². The van der Waals surface area contributed by atoms with E-state index in [1.165, 1.54) is 0 Å². The number of hydrogen-bond donors (Lipinski definition) is 1. The Morgan fingerprint density at radius 3 is 2.52 bits per heavy atom. The van der Waals surface area contributed by atoms with Gasteiger partial charge in [-0.1, -0.05) is 23.2 Å². The molecule has 1 aromatic heterocycles. The lowest BCUT2D eigenvalue weighted by molar-refractivity contribution is -0.119. The molecular weight excluding hydrogens is 363 g/mol. The van der Waals surface area contributed by atoms with Crippen LogP contribution < -0.4 is 5.32 Å². The second kappa shape index (κ2) is 7.06. The predicted octanol–water partition coefficient (Wildman–Crippen LogP) is 3.28. The number of benzene rings is 1. The lowest BCUT2D eigenvalue weighted by Crippen LogP contribution is -2.43. The highest BCUT2D eigenvalue weighted by Crippen LogP contribution is 2.25. The molecule has 1 fully saturated rings. The summed E-state index contributed by atoms with van der Waals surface area (Å²) in [4.78, 5) is 27.1. The fraction of sp³-hybridized carbons (Fsp3) is 0.353. The van der Waals surface area contributed by atoms with Crippen molar-refractivity contribution in [3.63, 3.8) is 0 Å². The molecule has 0 bridgehead atoms. The maximum absolute atomic E-state index is 12.8. The first-order chi connectivity index (χ1) is 11.9. The van der Waals surface area contributed by atoms with Crippen molar-refractivity contribution in [2.45, 2.75) is 25.8 Å². The molecule has 8 heteroatoms. The van der Waals surface area contributed by atoms with Crippen LogP contribution in [0.15, 0.2) is 24.4 Å². The van der Waals surface area contributed by atoms with Crippen molar-refractivity contribution in [1.82, 2.24) is 14.7 Å². The van der Waals surface area contributed by atoms with Crippen LogP contribution in [0.25, 0.3) is 0 Å². The Balaban J connectivity index is 1.77. The van der Waals surface area contributed by atoms with E-state index >= 15 is 0 Å². The van der Waals surface area contributed by atoms with Gasteiger partial charge in [-0.3, -0.25) is 14.3 Å². The molecule has 1 aliphatic heterocycles. The normalized spacial score (nSPS) is 17.0. The van der Waals surface area contributed by atoms with Crippen molar-refractivity contribution >= 4 is 40.7 Å². The largest absolute Gasteiger partial charge is 0.326 e. The first-order valence-corrected chi connectivity index (χ1v) is 8.69. The van der Waals surface area contributed by atoms with E-state index in [0.29, 0.717) is 34.3 Å². The number of carbonyl (C=O) groups is 2. The molecule has 0 spiro atoms. The number of likely N-dealkylation sites (tertiary alicyclic amines) is 1. The molecule has 1 aliphatic rings. The summed E-state index contributed by atoms with van der Waals surface area (Å²) < 4.78 is 1.65. The number of halogens is 2. The number of carbonyl (C=O) groups excluding carboxylic acids is 2. The first kappa shape index (κ1) is 17.8. The SMILES string of the molecule is Cc1c(C(=O)N2CCC[C@H]2C(=O)Nc2cc(Cl)cc(Cl)c2)cnn1C. The van der Waals surface area contributed by atoms with Crippen LogP contribution in [0.1, 0.15) is 28.9 Å². The molecule has 1 saturated heterocycles. The lowest BCUT2D eigenvalue weighted by atomic mass is 10.1. The Bertz CT molecular complexity index is 814. The molecule has 25 heavy (non-hydrogen) atoms. The predicted molar refractivity (Wildman–Crippen MR) is 97.1 cm³/mol. The summed E-state index contributed by atoms with van der Waals surface area (Å²) in [5, 5.41) is 7.78. The summed E-state index contributed by atoms with van der Waals surface area (Å²) in [6, 6.07) is 4.31. The Morgan fingerprint density at radius 1 is 1.24 bits per heavy atom. The average Bonchev–Trinajstić information content (AvgIpc) is 3.14. The number of rotatable bonds is 3. The molecule has 0 saturated carbocycles. The zero-order valence-electron chi connectivity index (χ0n) is 13.9. The minimum absolute atomic E-state index is 0.174. The van der Waals surface area contributed by atoms with Gasteiger partial charge in [0.05, 0.1) is 11.8 Å². The molecule has 2 amide bonds. The van der Waals surface area contributed by atoms with Gasteiger partial charge in [-0.25, -0.2) is 0 Å².